The fourth-order valence-corrected chi connectivity index (χ4v) is 4.17. The highest BCUT2D eigenvalue weighted by atomic mass is 35.5. The second kappa shape index (κ2) is 9.23. The number of piperazine rings is 1. The fourth-order valence-electron chi connectivity index (χ4n) is 3.98. The predicted molar refractivity (Wildman–Crippen MR) is 125 cm³/mol. The van der Waals surface area contributed by atoms with E-state index < -0.39 is 0 Å². The number of aromatic nitrogens is 1. The summed E-state index contributed by atoms with van der Waals surface area (Å²) >= 11 is 6.19. The van der Waals surface area contributed by atoms with Crippen LogP contribution < -0.4 is 15.5 Å². The number of halogens is 1. The summed E-state index contributed by atoms with van der Waals surface area (Å²) in [4.78, 5) is 13.7. The normalized spacial score (nSPS) is 18.9. The van der Waals surface area contributed by atoms with Crippen LogP contribution in [0.5, 0.6) is 0 Å². The van der Waals surface area contributed by atoms with Gasteiger partial charge in [-0.15, -0.1) is 0 Å². The number of hydrogen-bond acceptors (Lipinski definition) is 4. The summed E-state index contributed by atoms with van der Waals surface area (Å²) in [5.74, 6) is 1.88. The highest BCUT2D eigenvalue weighted by molar-refractivity contribution is 6.30. The van der Waals surface area contributed by atoms with E-state index in [0.29, 0.717) is 6.54 Å². The van der Waals surface area contributed by atoms with Gasteiger partial charge in [0.15, 0.2) is 5.96 Å². The highest BCUT2D eigenvalue weighted by Crippen LogP contribution is 2.48. The molecule has 1 saturated carbocycles. The minimum Gasteiger partial charge on any atom is -0.356 e. The van der Waals surface area contributed by atoms with Crippen molar-refractivity contribution in [1.82, 2.24) is 20.5 Å². The Morgan fingerprint density at radius 2 is 1.93 bits per heavy atom. The van der Waals surface area contributed by atoms with Gasteiger partial charge in [0.25, 0.3) is 0 Å². The van der Waals surface area contributed by atoms with Crippen molar-refractivity contribution in [3.8, 4) is 0 Å². The van der Waals surface area contributed by atoms with Crippen LogP contribution in [0.15, 0.2) is 47.6 Å². The zero-order valence-corrected chi connectivity index (χ0v) is 18.6. The van der Waals surface area contributed by atoms with Crippen LogP contribution in [0.1, 0.15) is 24.0 Å². The third kappa shape index (κ3) is 5.05. The molecule has 2 aromatic rings. The average molecular weight is 427 g/mol. The van der Waals surface area contributed by atoms with Crippen molar-refractivity contribution in [2.24, 2.45) is 4.99 Å². The number of hydrogen-bond donors (Lipinski definition) is 2. The molecule has 6 nitrogen and oxygen atoms in total. The van der Waals surface area contributed by atoms with E-state index >= 15 is 0 Å². The highest BCUT2D eigenvalue weighted by Gasteiger charge is 2.44. The zero-order valence-electron chi connectivity index (χ0n) is 17.9. The van der Waals surface area contributed by atoms with E-state index in [0.717, 1.165) is 49.5 Å². The Labute approximate surface area is 184 Å². The standard InChI is InChI=1S/C23H31ClN6/c1-25-22(28-17-23(7-8-23)19-4-3-5-20(24)15-19)27-16-18-6-9-26-21(14-18)30-12-10-29(2)11-13-30/h3-6,9,14-15H,7-8,10-13,16-17H2,1-2H3,(H2,25,27,28). The van der Waals surface area contributed by atoms with Crippen LogP contribution >= 0.6 is 11.6 Å². The van der Waals surface area contributed by atoms with Gasteiger partial charge in [-0.2, -0.15) is 0 Å². The van der Waals surface area contributed by atoms with E-state index in [1.165, 1.54) is 24.0 Å². The molecule has 2 fully saturated rings. The van der Waals surface area contributed by atoms with E-state index in [9.17, 15) is 0 Å². The number of nitrogens with one attached hydrogen (secondary N) is 2. The van der Waals surface area contributed by atoms with Crippen molar-refractivity contribution in [1.29, 1.82) is 0 Å². The molecule has 7 heteroatoms. The van der Waals surface area contributed by atoms with Crippen LogP contribution in [0.3, 0.4) is 0 Å². The fraction of sp³-hybridized carbons (Fsp3) is 0.478. The molecule has 0 amide bonds. The summed E-state index contributed by atoms with van der Waals surface area (Å²) in [6, 6.07) is 12.5. The number of nitrogens with zero attached hydrogens (tertiary/aromatic N) is 4. The van der Waals surface area contributed by atoms with Gasteiger partial charge in [-0.3, -0.25) is 4.99 Å². The third-order valence-electron chi connectivity index (χ3n) is 6.21. The largest absolute Gasteiger partial charge is 0.356 e. The van der Waals surface area contributed by atoms with Crippen LogP contribution in [-0.2, 0) is 12.0 Å². The Hall–Kier alpha value is -2.31. The molecule has 2 heterocycles. The molecule has 0 radical (unpaired) electrons. The second-order valence-corrected chi connectivity index (χ2v) is 8.82. The van der Waals surface area contributed by atoms with Crippen molar-refractivity contribution in [3.63, 3.8) is 0 Å². The minimum atomic E-state index is 0.174. The van der Waals surface area contributed by atoms with Gasteiger partial charge in [0, 0.05) is 63.0 Å². The quantitative estimate of drug-likeness (QED) is 0.549. The first-order chi connectivity index (χ1) is 14.6. The topological polar surface area (TPSA) is 55.8 Å². The SMILES string of the molecule is CN=C(NCc1ccnc(N2CCN(C)CC2)c1)NCC1(c2cccc(Cl)c2)CC1. The van der Waals surface area contributed by atoms with Gasteiger partial charge in [-0.05, 0) is 55.3 Å². The number of likely N-dealkylation sites (N-methyl/N-ethyl adjacent to an activating group) is 1. The minimum absolute atomic E-state index is 0.174. The molecule has 2 N–H and O–H groups in total. The van der Waals surface area contributed by atoms with E-state index in [1.807, 2.05) is 25.4 Å². The van der Waals surface area contributed by atoms with Gasteiger partial charge in [0.1, 0.15) is 5.82 Å². The zero-order chi connectivity index (χ0) is 21.0. The first kappa shape index (κ1) is 20.9. The molecule has 0 unspecified atom stereocenters. The first-order valence-electron chi connectivity index (χ1n) is 10.7. The second-order valence-electron chi connectivity index (χ2n) is 8.38. The number of anilines is 1. The molecule has 1 aliphatic carbocycles. The summed E-state index contributed by atoms with van der Waals surface area (Å²) in [5.41, 5.74) is 2.69. The van der Waals surface area contributed by atoms with Crippen molar-refractivity contribution in [2.45, 2.75) is 24.8 Å². The lowest BCUT2D eigenvalue weighted by Gasteiger charge is -2.33. The monoisotopic (exact) mass is 426 g/mol. The number of benzene rings is 1. The molecule has 30 heavy (non-hydrogen) atoms. The Morgan fingerprint density at radius 3 is 2.63 bits per heavy atom. The Morgan fingerprint density at radius 1 is 1.13 bits per heavy atom. The van der Waals surface area contributed by atoms with E-state index in [-0.39, 0.29) is 5.41 Å². The number of guanidine groups is 1. The van der Waals surface area contributed by atoms with E-state index in [1.54, 1.807) is 0 Å². The van der Waals surface area contributed by atoms with Gasteiger partial charge in [-0.1, -0.05) is 23.7 Å². The molecule has 1 aromatic heterocycles. The van der Waals surface area contributed by atoms with Crippen molar-refractivity contribution in [2.75, 3.05) is 51.7 Å². The number of aliphatic imine (C=N–C) groups is 1. The molecule has 4 rings (SSSR count). The van der Waals surface area contributed by atoms with Crippen LogP contribution in [0.4, 0.5) is 5.82 Å². The maximum Gasteiger partial charge on any atom is 0.191 e. The Balaban J connectivity index is 1.31. The van der Waals surface area contributed by atoms with Gasteiger partial charge in [-0.25, -0.2) is 4.98 Å². The van der Waals surface area contributed by atoms with Gasteiger partial charge >= 0.3 is 0 Å². The Kier molecular flexibility index (Phi) is 6.44. The molecule has 2 aliphatic rings. The summed E-state index contributed by atoms with van der Waals surface area (Å²) in [6.45, 7) is 5.78. The lowest BCUT2D eigenvalue weighted by Crippen LogP contribution is -2.44. The van der Waals surface area contributed by atoms with Crippen molar-refractivity contribution >= 4 is 23.4 Å². The Bertz CT molecular complexity index is 887. The van der Waals surface area contributed by atoms with Crippen molar-refractivity contribution < 1.29 is 0 Å². The van der Waals surface area contributed by atoms with E-state index in [4.69, 9.17) is 11.6 Å². The summed E-state index contributed by atoms with van der Waals surface area (Å²) in [6.07, 6.45) is 4.26. The van der Waals surface area contributed by atoms with Crippen LogP contribution in [-0.4, -0.2) is 62.7 Å². The lowest BCUT2D eigenvalue weighted by atomic mass is 9.96. The third-order valence-corrected chi connectivity index (χ3v) is 6.44. The smallest absolute Gasteiger partial charge is 0.191 e. The van der Waals surface area contributed by atoms with Crippen LogP contribution in [0.25, 0.3) is 0 Å². The van der Waals surface area contributed by atoms with Gasteiger partial charge in [0.05, 0.1) is 0 Å². The molecule has 1 saturated heterocycles. The van der Waals surface area contributed by atoms with Crippen molar-refractivity contribution in [3.05, 3.63) is 58.7 Å². The van der Waals surface area contributed by atoms with Gasteiger partial charge < -0.3 is 20.4 Å². The average Bonchev–Trinajstić information content (AvgIpc) is 3.56. The summed E-state index contributed by atoms with van der Waals surface area (Å²) < 4.78 is 0. The molecule has 1 aromatic carbocycles. The summed E-state index contributed by atoms with van der Waals surface area (Å²) in [5, 5.41) is 7.75. The van der Waals surface area contributed by atoms with Gasteiger partial charge in [0.2, 0.25) is 0 Å². The molecular formula is C23H31ClN6. The van der Waals surface area contributed by atoms with E-state index in [2.05, 4.69) is 61.7 Å². The molecule has 1 aliphatic heterocycles. The lowest BCUT2D eigenvalue weighted by molar-refractivity contribution is 0.312. The molecule has 160 valence electrons. The maximum atomic E-state index is 6.19. The van der Waals surface area contributed by atoms with Crippen LogP contribution in [0, 0.1) is 0 Å². The molecule has 0 spiro atoms. The molecular weight excluding hydrogens is 396 g/mol. The van der Waals surface area contributed by atoms with Crippen LogP contribution in [0.2, 0.25) is 5.02 Å². The first-order valence-corrected chi connectivity index (χ1v) is 11.0. The molecule has 0 atom stereocenters. The summed E-state index contributed by atoms with van der Waals surface area (Å²) in [7, 11) is 3.98. The number of rotatable bonds is 6. The predicted octanol–water partition coefficient (Wildman–Crippen LogP) is 2.88. The number of pyridine rings is 1. The maximum absolute atomic E-state index is 6.19. The molecule has 0 bridgehead atoms.